The molecule has 3 rings (SSSR count). The predicted octanol–water partition coefficient (Wildman–Crippen LogP) is 3.22. The van der Waals surface area contributed by atoms with E-state index in [1.807, 2.05) is 36.4 Å². The summed E-state index contributed by atoms with van der Waals surface area (Å²) >= 11 is 0. The van der Waals surface area contributed by atoms with Gasteiger partial charge in [-0.25, -0.2) is 0 Å². The number of hydrogen-bond donors (Lipinski definition) is 2. The molecule has 0 unspecified atom stereocenters. The molecule has 0 saturated carbocycles. The fourth-order valence-electron chi connectivity index (χ4n) is 2.14. The minimum atomic E-state index is -0.206. The number of H-pyrrole nitrogens is 1. The summed E-state index contributed by atoms with van der Waals surface area (Å²) in [7, 11) is 0. The van der Waals surface area contributed by atoms with Crippen LogP contribution in [0.25, 0.3) is 10.9 Å². The molecule has 2 N–H and O–H groups in total. The maximum absolute atomic E-state index is 12.2. The normalized spacial score (nSPS) is 9.96. The van der Waals surface area contributed by atoms with Crippen molar-refractivity contribution in [3.63, 3.8) is 0 Å². The van der Waals surface area contributed by atoms with E-state index in [0.717, 1.165) is 10.9 Å². The van der Waals surface area contributed by atoms with Crippen molar-refractivity contribution in [3.05, 3.63) is 54.1 Å². The summed E-state index contributed by atoms with van der Waals surface area (Å²) in [5, 5.41) is 10.6. The van der Waals surface area contributed by atoms with Crippen LogP contribution in [0.2, 0.25) is 0 Å². The van der Waals surface area contributed by atoms with Crippen molar-refractivity contribution < 1.29 is 9.53 Å². The van der Waals surface area contributed by atoms with Crippen LogP contribution in [0.4, 0.5) is 5.82 Å². The van der Waals surface area contributed by atoms with Crippen LogP contribution >= 0.6 is 0 Å². The number of fused-ring (bicyclic) bond motifs is 1. The molecular weight excluding hydrogens is 290 g/mol. The van der Waals surface area contributed by atoms with Gasteiger partial charge in [0.1, 0.15) is 12.4 Å². The average molecular weight is 305 g/mol. The molecule has 0 aliphatic heterocycles. The second kappa shape index (κ2) is 6.67. The topological polar surface area (TPSA) is 67.0 Å². The molecule has 114 valence electrons. The van der Waals surface area contributed by atoms with Gasteiger partial charge in [0.2, 0.25) is 0 Å². The molecule has 1 aromatic heterocycles. The Kier molecular flexibility index (Phi) is 4.25. The second-order valence-corrected chi connectivity index (χ2v) is 4.82. The number of hydrogen-bond acceptors (Lipinski definition) is 3. The molecule has 0 bridgehead atoms. The Hall–Kier alpha value is -3.26. The number of ether oxygens (including phenoxy) is 1. The molecule has 0 saturated heterocycles. The van der Waals surface area contributed by atoms with Gasteiger partial charge in [-0.2, -0.15) is 5.10 Å². The Balaban J connectivity index is 1.84. The number of amides is 1. The first kappa shape index (κ1) is 14.7. The largest absolute Gasteiger partial charge is 0.481 e. The van der Waals surface area contributed by atoms with E-state index in [9.17, 15) is 4.79 Å². The molecule has 5 nitrogen and oxygen atoms in total. The highest BCUT2D eigenvalue weighted by molar-refractivity contribution is 6.07. The fraction of sp³-hybridized carbons (Fsp3) is 0.111. The Morgan fingerprint density at radius 3 is 2.87 bits per heavy atom. The number of carbonyl (C=O) groups excluding carboxylic acids is 1. The minimum Gasteiger partial charge on any atom is -0.481 e. The molecule has 0 spiro atoms. The monoisotopic (exact) mass is 305 g/mol. The third-order valence-corrected chi connectivity index (χ3v) is 3.29. The van der Waals surface area contributed by atoms with Crippen LogP contribution in [-0.2, 0) is 0 Å². The van der Waals surface area contributed by atoms with E-state index in [2.05, 4.69) is 27.4 Å². The fourth-order valence-corrected chi connectivity index (χ4v) is 2.14. The number of nitrogens with one attached hydrogen (secondary N) is 2. The van der Waals surface area contributed by atoms with Crippen LogP contribution < -0.4 is 10.1 Å². The zero-order valence-electron chi connectivity index (χ0n) is 12.6. The summed E-state index contributed by atoms with van der Waals surface area (Å²) in [4.78, 5) is 12.2. The zero-order chi connectivity index (χ0) is 16.1. The molecule has 0 aliphatic rings. The third kappa shape index (κ3) is 3.33. The molecule has 0 aliphatic carbocycles. The van der Waals surface area contributed by atoms with Gasteiger partial charge in [-0.05, 0) is 37.3 Å². The van der Waals surface area contributed by atoms with Gasteiger partial charge in [0.05, 0.1) is 5.52 Å². The minimum absolute atomic E-state index is 0.206. The van der Waals surface area contributed by atoms with Crippen LogP contribution in [0.15, 0.2) is 48.5 Å². The van der Waals surface area contributed by atoms with Crippen molar-refractivity contribution in [2.45, 2.75) is 6.92 Å². The van der Waals surface area contributed by atoms with Crippen molar-refractivity contribution >= 4 is 22.6 Å². The maximum atomic E-state index is 12.2. The van der Waals surface area contributed by atoms with Crippen LogP contribution in [0, 0.1) is 11.8 Å². The lowest BCUT2D eigenvalue weighted by Gasteiger charge is -2.04. The summed E-state index contributed by atoms with van der Waals surface area (Å²) in [6, 6.07) is 14.5. The molecule has 23 heavy (non-hydrogen) atoms. The smallest absolute Gasteiger partial charge is 0.256 e. The number of aromatic amines is 1. The van der Waals surface area contributed by atoms with Crippen molar-refractivity contribution in [2.24, 2.45) is 0 Å². The number of benzene rings is 2. The third-order valence-electron chi connectivity index (χ3n) is 3.29. The first-order valence-corrected chi connectivity index (χ1v) is 7.15. The second-order valence-electron chi connectivity index (χ2n) is 4.82. The zero-order valence-corrected chi connectivity index (χ0v) is 12.6. The molecule has 1 amide bonds. The van der Waals surface area contributed by atoms with Crippen molar-refractivity contribution in [2.75, 3.05) is 11.9 Å². The van der Waals surface area contributed by atoms with E-state index >= 15 is 0 Å². The van der Waals surface area contributed by atoms with Crippen molar-refractivity contribution in [3.8, 4) is 17.6 Å². The standard InChI is InChI=1S/C18H15N3O2/c1-2-3-11-23-14-9-10-16-15(12-14)17(21-20-16)19-18(22)13-7-5-4-6-8-13/h4-10,12H,11H2,1H3,(H2,19,20,21,22). The lowest BCUT2D eigenvalue weighted by atomic mass is 10.2. The highest BCUT2D eigenvalue weighted by Crippen LogP contribution is 2.25. The number of rotatable bonds is 4. The summed E-state index contributed by atoms with van der Waals surface area (Å²) in [5.41, 5.74) is 1.40. The van der Waals surface area contributed by atoms with Gasteiger partial charge >= 0.3 is 0 Å². The first-order valence-electron chi connectivity index (χ1n) is 7.15. The lowest BCUT2D eigenvalue weighted by Crippen LogP contribution is -2.12. The van der Waals surface area contributed by atoms with Crippen LogP contribution in [0.5, 0.6) is 5.75 Å². The van der Waals surface area contributed by atoms with E-state index in [1.54, 1.807) is 19.1 Å². The molecule has 3 aromatic rings. The summed E-state index contributed by atoms with van der Waals surface area (Å²) in [6.45, 7) is 2.09. The van der Waals surface area contributed by atoms with Gasteiger partial charge in [-0.15, -0.1) is 5.92 Å². The summed E-state index contributed by atoms with van der Waals surface area (Å²) < 4.78 is 5.54. The van der Waals surface area contributed by atoms with Crippen molar-refractivity contribution in [1.82, 2.24) is 10.2 Å². The molecule has 0 radical (unpaired) electrons. The Bertz CT molecular complexity index is 889. The van der Waals surface area contributed by atoms with Crippen LogP contribution in [0.3, 0.4) is 0 Å². The average Bonchev–Trinajstić information content (AvgIpc) is 2.98. The van der Waals surface area contributed by atoms with Crippen LogP contribution in [-0.4, -0.2) is 22.7 Å². The van der Waals surface area contributed by atoms with E-state index < -0.39 is 0 Å². The molecule has 2 aromatic carbocycles. The van der Waals surface area contributed by atoms with E-state index in [1.165, 1.54) is 0 Å². The lowest BCUT2D eigenvalue weighted by molar-refractivity contribution is 0.102. The Morgan fingerprint density at radius 2 is 2.09 bits per heavy atom. The Labute approximate surface area is 133 Å². The molecule has 0 fully saturated rings. The van der Waals surface area contributed by atoms with E-state index in [4.69, 9.17) is 4.74 Å². The van der Waals surface area contributed by atoms with Gasteiger partial charge in [0, 0.05) is 10.9 Å². The molecule has 0 atom stereocenters. The highest BCUT2D eigenvalue weighted by atomic mass is 16.5. The van der Waals surface area contributed by atoms with E-state index in [-0.39, 0.29) is 5.91 Å². The van der Waals surface area contributed by atoms with Gasteiger partial charge < -0.3 is 10.1 Å². The molecule has 1 heterocycles. The quantitative estimate of drug-likeness (QED) is 0.727. The predicted molar refractivity (Wildman–Crippen MR) is 89.4 cm³/mol. The maximum Gasteiger partial charge on any atom is 0.256 e. The van der Waals surface area contributed by atoms with Gasteiger partial charge in [-0.1, -0.05) is 24.1 Å². The van der Waals surface area contributed by atoms with Gasteiger partial charge in [0.25, 0.3) is 5.91 Å². The summed E-state index contributed by atoms with van der Waals surface area (Å²) in [6.07, 6.45) is 0. The highest BCUT2D eigenvalue weighted by Gasteiger charge is 2.11. The Morgan fingerprint density at radius 1 is 1.26 bits per heavy atom. The van der Waals surface area contributed by atoms with E-state index in [0.29, 0.717) is 23.7 Å². The number of carbonyl (C=O) groups is 1. The van der Waals surface area contributed by atoms with Crippen molar-refractivity contribution in [1.29, 1.82) is 0 Å². The molecule has 5 heteroatoms. The number of aromatic nitrogens is 2. The molecular formula is C18H15N3O2. The van der Waals surface area contributed by atoms with Crippen LogP contribution in [0.1, 0.15) is 17.3 Å². The number of anilines is 1. The summed E-state index contributed by atoms with van der Waals surface area (Å²) in [5.74, 6) is 6.56. The SMILES string of the molecule is CC#CCOc1ccc2[nH]nc(NC(=O)c3ccccc3)c2c1. The first-order chi connectivity index (χ1) is 11.3. The number of nitrogens with zero attached hydrogens (tertiary/aromatic N) is 1. The van der Waals surface area contributed by atoms with Gasteiger partial charge in [0.15, 0.2) is 5.82 Å². The van der Waals surface area contributed by atoms with Gasteiger partial charge in [-0.3, -0.25) is 9.89 Å².